The monoisotopic (exact) mass is 445 g/mol. The summed E-state index contributed by atoms with van der Waals surface area (Å²) < 4.78 is 7.50. The van der Waals surface area contributed by atoms with Crippen LogP contribution in [0.5, 0.6) is 0 Å². The largest absolute Gasteiger partial charge is 0.444 e. The smallest absolute Gasteiger partial charge is 0.410 e. The van der Waals surface area contributed by atoms with Gasteiger partial charge in [0.15, 0.2) is 0 Å². The molecular weight excluding hydrogens is 418 g/mol. The van der Waals surface area contributed by atoms with E-state index in [9.17, 15) is 4.79 Å². The van der Waals surface area contributed by atoms with E-state index in [-0.39, 0.29) is 12.1 Å². The van der Waals surface area contributed by atoms with E-state index in [1.165, 1.54) is 0 Å². The lowest BCUT2D eigenvalue weighted by atomic mass is 10.2. The number of anilines is 1. The second-order valence-corrected chi connectivity index (χ2v) is 9.19. The summed E-state index contributed by atoms with van der Waals surface area (Å²) >= 11 is 0. The number of imidazole rings is 2. The van der Waals surface area contributed by atoms with Gasteiger partial charge in [-0.2, -0.15) is 0 Å². The first kappa shape index (κ1) is 21.0. The van der Waals surface area contributed by atoms with Gasteiger partial charge in [0.05, 0.1) is 17.6 Å². The van der Waals surface area contributed by atoms with Gasteiger partial charge in [0.25, 0.3) is 0 Å². The highest BCUT2D eigenvalue weighted by atomic mass is 16.6. The van der Waals surface area contributed by atoms with E-state index in [0.717, 1.165) is 40.7 Å². The molecule has 170 valence electrons. The van der Waals surface area contributed by atoms with E-state index in [0.29, 0.717) is 13.1 Å². The van der Waals surface area contributed by atoms with Crippen molar-refractivity contribution >= 4 is 17.6 Å². The molecule has 33 heavy (non-hydrogen) atoms. The van der Waals surface area contributed by atoms with E-state index in [4.69, 9.17) is 9.72 Å². The molecule has 4 aromatic rings. The number of ether oxygens (including phenoxy) is 1. The molecule has 1 aliphatic heterocycles. The number of carbonyl (C=O) groups is 1. The molecule has 1 saturated heterocycles. The molecule has 0 radical (unpaired) electrons. The molecule has 2 N–H and O–H groups in total. The second kappa shape index (κ2) is 8.23. The van der Waals surface area contributed by atoms with Crippen molar-refractivity contribution in [3.63, 3.8) is 0 Å². The van der Waals surface area contributed by atoms with Crippen LogP contribution in [0.25, 0.3) is 28.4 Å². The molecule has 0 aliphatic carbocycles. The summed E-state index contributed by atoms with van der Waals surface area (Å²) in [5, 5.41) is 3.46. The van der Waals surface area contributed by atoms with Gasteiger partial charge in [-0.25, -0.2) is 19.7 Å². The van der Waals surface area contributed by atoms with Gasteiger partial charge in [0, 0.05) is 43.3 Å². The number of amides is 1. The summed E-state index contributed by atoms with van der Waals surface area (Å²) in [4.78, 5) is 30.9. The Morgan fingerprint density at radius 1 is 1.24 bits per heavy atom. The normalized spacial score (nSPS) is 16.3. The van der Waals surface area contributed by atoms with Crippen LogP contribution in [0.2, 0.25) is 0 Å². The zero-order valence-electron chi connectivity index (χ0n) is 18.9. The van der Waals surface area contributed by atoms with Crippen molar-refractivity contribution in [1.82, 2.24) is 29.2 Å². The van der Waals surface area contributed by atoms with Gasteiger partial charge < -0.3 is 19.9 Å². The Morgan fingerprint density at radius 3 is 2.91 bits per heavy atom. The number of carbonyl (C=O) groups excluding carboxylic acids is 1. The van der Waals surface area contributed by atoms with Crippen LogP contribution in [0.3, 0.4) is 0 Å². The third-order valence-electron chi connectivity index (χ3n) is 5.49. The molecule has 5 rings (SSSR count). The Bertz CT molecular complexity index is 1270. The molecule has 9 heteroatoms. The van der Waals surface area contributed by atoms with E-state index < -0.39 is 5.60 Å². The molecule has 4 aromatic heterocycles. The molecule has 0 aromatic carbocycles. The number of hydrogen-bond acceptors (Lipinski definition) is 6. The molecule has 1 unspecified atom stereocenters. The highest BCUT2D eigenvalue weighted by Crippen LogP contribution is 2.24. The third-order valence-corrected chi connectivity index (χ3v) is 5.49. The first-order chi connectivity index (χ1) is 15.9. The van der Waals surface area contributed by atoms with Crippen molar-refractivity contribution in [3.05, 3.63) is 55.1 Å². The quantitative estimate of drug-likeness (QED) is 0.488. The number of nitrogens with one attached hydrogen (secondary N) is 2. The van der Waals surface area contributed by atoms with Crippen LogP contribution < -0.4 is 5.32 Å². The number of pyridine rings is 2. The summed E-state index contributed by atoms with van der Waals surface area (Å²) in [6, 6.07) is 10.0. The Labute approximate surface area is 191 Å². The standard InChI is InChI=1S/C24H27N7O2/c1-24(2,3)33-23(32)30-11-8-17(15-30)28-20-6-4-5-18(29-20)19-14-27-21-13-16(7-12-31(19)21)22-25-9-10-26-22/h4-7,9-10,12-14,17H,8,11,15H2,1-3H3,(H,25,26)(H,28,29). The minimum absolute atomic E-state index is 0.123. The summed E-state index contributed by atoms with van der Waals surface area (Å²) in [7, 11) is 0. The van der Waals surface area contributed by atoms with E-state index in [1.807, 2.05) is 67.9 Å². The molecule has 5 heterocycles. The number of aromatic amines is 1. The lowest BCUT2D eigenvalue weighted by molar-refractivity contribution is 0.0293. The van der Waals surface area contributed by atoms with Crippen LogP contribution in [0.1, 0.15) is 27.2 Å². The molecular formula is C24H27N7O2. The topological polar surface area (TPSA) is 100 Å². The fourth-order valence-corrected chi connectivity index (χ4v) is 3.98. The zero-order valence-corrected chi connectivity index (χ0v) is 18.9. The number of aromatic nitrogens is 5. The van der Waals surface area contributed by atoms with Crippen molar-refractivity contribution in [1.29, 1.82) is 0 Å². The molecule has 0 saturated carbocycles. The minimum atomic E-state index is -0.495. The fourth-order valence-electron chi connectivity index (χ4n) is 3.98. The average Bonchev–Trinajstić information content (AvgIpc) is 3.53. The minimum Gasteiger partial charge on any atom is -0.444 e. The Hall–Kier alpha value is -3.88. The predicted octanol–water partition coefficient (Wildman–Crippen LogP) is 4.21. The van der Waals surface area contributed by atoms with Crippen LogP contribution in [-0.4, -0.2) is 60.1 Å². The van der Waals surface area contributed by atoms with Crippen LogP contribution in [0.15, 0.2) is 55.1 Å². The Morgan fingerprint density at radius 2 is 2.12 bits per heavy atom. The van der Waals surface area contributed by atoms with E-state index >= 15 is 0 Å². The highest BCUT2D eigenvalue weighted by Gasteiger charge is 2.29. The first-order valence-electron chi connectivity index (χ1n) is 11.0. The predicted molar refractivity (Wildman–Crippen MR) is 126 cm³/mol. The Kier molecular flexibility index (Phi) is 5.24. The van der Waals surface area contributed by atoms with Gasteiger partial charge in [-0.05, 0) is 51.5 Å². The maximum absolute atomic E-state index is 12.3. The van der Waals surface area contributed by atoms with Crippen molar-refractivity contribution in [3.8, 4) is 22.8 Å². The van der Waals surface area contributed by atoms with Crippen LogP contribution in [0.4, 0.5) is 10.6 Å². The molecule has 0 spiro atoms. The number of fused-ring (bicyclic) bond motifs is 1. The number of hydrogen-bond donors (Lipinski definition) is 2. The average molecular weight is 446 g/mol. The van der Waals surface area contributed by atoms with Gasteiger partial charge >= 0.3 is 6.09 Å². The molecule has 9 nitrogen and oxygen atoms in total. The summed E-state index contributed by atoms with van der Waals surface area (Å²) in [5.41, 5.74) is 3.03. The summed E-state index contributed by atoms with van der Waals surface area (Å²) in [6.45, 7) is 6.89. The van der Waals surface area contributed by atoms with Crippen molar-refractivity contribution in [2.75, 3.05) is 18.4 Å². The molecule has 0 bridgehead atoms. The van der Waals surface area contributed by atoms with Gasteiger partial charge in [-0.3, -0.25) is 4.40 Å². The number of likely N-dealkylation sites (tertiary alicyclic amines) is 1. The van der Waals surface area contributed by atoms with Gasteiger partial charge in [-0.15, -0.1) is 0 Å². The number of nitrogens with zero attached hydrogens (tertiary/aromatic N) is 5. The van der Waals surface area contributed by atoms with Crippen LogP contribution in [0, 0.1) is 0 Å². The van der Waals surface area contributed by atoms with Crippen molar-refractivity contribution in [2.45, 2.75) is 38.8 Å². The maximum atomic E-state index is 12.3. The summed E-state index contributed by atoms with van der Waals surface area (Å²) in [6.07, 6.45) is 7.91. The molecule has 1 aliphatic rings. The molecule has 1 fully saturated rings. The van der Waals surface area contributed by atoms with Crippen molar-refractivity contribution < 1.29 is 9.53 Å². The Balaban J connectivity index is 1.31. The first-order valence-corrected chi connectivity index (χ1v) is 11.0. The number of rotatable bonds is 4. The maximum Gasteiger partial charge on any atom is 0.410 e. The summed E-state index contributed by atoms with van der Waals surface area (Å²) in [5.74, 6) is 1.58. The van der Waals surface area contributed by atoms with Gasteiger partial charge in [0.2, 0.25) is 0 Å². The van der Waals surface area contributed by atoms with E-state index in [2.05, 4.69) is 20.3 Å². The van der Waals surface area contributed by atoms with Gasteiger partial charge in [-0.1, -0.05) is 6.07 Å². The fraction of sp³-hybridized carbons (Fsp3) is 0.333. The number of H-pyrrole nitrogens is 1. The SMILES string of the molecule is CC(C)(C)OC(=O)N1CCC(Nc2cccc(-c3cnc4cc(-c5ncc[nH]5)ccn34)n2)C1. The third kappa shape index (κ3) is 4.52. The highest BCUT2D eigenvalue weighted by molar-refractivity contribution is 5.69. The lowest BCUT2D eigenvalue weighted by Gasteiger charge is -2.24. The second-order valence-electron chi connectivity index (χ2n) is 9.19. The van der Waals surface area contributed by atoms with E-state index in [1.54, 1.807) is 17.3 Å². The van der Waals surface area contributed by atoms with Crippen LogP contribution in [-0.2, 0) is 4.74 Å². The zero-order chi connectivity index (χ0) is 23.0. The van der Waals surface area contributed by atoms with Crippen molar-refractivity contribution in [2.24, 2.45) is 0 Å². The van der Waals surface area contributed by atoms with Gasteiger partial charge in [0.1, 0.15) is 22.9 Å². The van der Waals surface area contributed by atoms with Crippen LogP contribution >= 0.6 is 0 Å². The molecule has 1 atom stereocenters. The molecule has 1 amide bonds. The lowest BCUT2D eigenvalue weighted by Crippen LogP contribution is -2.36.